The molecule has 0 aromatic heterocycles. The van der Waals surface area contributed by atoms with Crippen molar-refractivity contribution < 1.29 is 4.79 Å². The minimum Gasteiger partial charge on any atom is -0.324 e. The van der Waals surface area contributed by atoms with Crippen molar-refractivity contribution in [1.82, 2.24) is 9.80 Å². The lowest BCUT2D eigenvalue weighted by molar-refractivity contribution is -0.117. The van der Waals surface area contributed by atoms with Gasteiger partial charge in [-0.1, -0.05) is 53.0 Å². The Morgan fingerprint density at radius 1 is 0.923 bits per heavy atom. The first-order valence-electron chi connectivity index (χ1n) is 8.44. The SMILES string of the molecule is O=C(CN1CCN(Cc2ccccc2Cl)CC1)Nc1cc(Cl)ccc1Cl. The summed E-state index contributed by atoms with van der Waals surface area (Å²) < 4.78 is 0. The van der Waals surface area contributed by atoms with Crippen LogP contribution in [0.4, 0.5) is 5.69 Å². The number of hydrogen-bond acceptors (Lipinski definition) is 3. The number of benzene rings is 2. The molecule has 26 heavy (non-hydrogen) atoms. The van der Waals surface area contributed by atoms with Crippen LogP contribution < -0.4 is 5.32 Å². The van der Waals surface area contributed by atoms with Crippen molar-refractivity contribution in [3.8, 4) is 0 Å². The number of nitrogens with one attached hydrogen (secondary N) is 1. The Bertz CT molecular complexity index is 776. The molecule has 0 aliphatic carbocycles. The maximum atomic E-state index is 12.3. The average Bonchev–Trinajstić information content (AvgIpc) is 2.62. The summed E-state index contributed by atoms with van der Waals surface area (Å²) in [5.41, 5.74) is 1.68. The Balaban J connectivity index is 1.47. The van der Waals surface area contributed by atoms with Crippen molar-refractivity contribution in [3.63, 3.8) is 0 Å². The van der Waals surface area contributed by atoms with Crippen molar-refractivity contribution in [1.29, 1.82) is 0 Å². The summed E-state index contributed by atoms with van der Waals surface area (Å²) in [4.78, 5) is 16.8. The van der Waals surface area contributed by atoms with E-state index in [9.17, 15) is 4.79 Å². The third-order valence-corrected chi connectivity index (χ3v) is 5.32. The zero-order valence-electron chi connectivity index (χ0n) is 14.2. The van der Waals surface area contributed by atoms with Gasteiger partial charge in [0, 0.05) is 42.8 Å². The van der Waals surface area contributed by atoms with Crippen LogP contribution in [-0.2, 0) is 11.3 Å². The van der Waals surface area contributed by atoms with Crippen molar-refractivity contribution in [3.05, 3.63) is 63.1 Å². The van der Waals surface area contributed by atoms with Gasteiger partial charge in [0.2, 0.25) is 5.91 Å². The molecule has 3 rings (SSSR count). The summed E-state index contributed by atoms with van der Waals surface area (Å²) in [6, 6.07) is 12.9. The third kappa shape index (κ3) is 5.35. The van der Waals surface area contributed by atoms with E-state index in [1.807, 2.05) is 18.2 Å². The van der Waals surface area contributed by atoms with Crippen LogP contribution in [0.5, 0.6) is 0 Å². The highest BCUT2D eigenvalue weighted by Crippen LogP contribution is 2.25. The topological polar surface area (TPSA) is 35.6 Å². The van der Waals surface area contributed by atoms with Gasteiger partial charge in [-0.25, -0.2) is 0 Å². The molecular formula is C19H20Cl3N3O. The number of hydrogen-bond donors (Lipinski definition) is 1. The molecule has 0 spiro atoms. The lowest BCUT2D eigenvalue weighted by Crippen LogP contribution is -2.48. The molecule has 1 aliphatic rings. The van der Waals surface area contributed by atoms with Gasteiger partial charge in [-0.15, -0.1) is 0 Å². The number of rotatable bonds is 5. The quantitative estimate of drug-likeness (QED) is 0.790. The maximum Gasteiger partial charge on any atom is 0.238 e. The Kier molecular flexibility index (Phi) is 6.79. The summed E-state index contributed by atoms with van der Waals surface area (Å²) in [5.74, 6) is -0.0891. The molecule has 1 aliphatic heterocycles. The molecule has 0 bridgehead atoms. The fourth-order valence-electron chi connectivity index (χ4n) is 2.96. The zero-order chi connectivity index (χ0) is 18.5. The summed E-state index contributed by atoms with van der Waals surface area (Å²) in [6.45, 7) is 4.63. The van der Waals surface area contributed by atoms with Crippen LogP contribution in [-0.4, -0.2) is 48.4 Å². The van der Waals surface area contributed by atoms with E-state index in [1.54, 1.807) is 18.2 Å². The van der Waals surface area contributed by atoms with Gasteiger partial charge >= 0.3 is 0 Å². The number of anilines is 1. The van der Waals surface area contributed by atoms with E-state index in [2.05, 4.69) is 21.2 Å². The van der Waals surface area contributed by atoms with Crippen LogP contribution in [0, 0.1) is 0 Å². The lowest BCUT2D eigenvalue weighted by Gasteiger charge is -2.34. The van der Waals surface area contributed by atoms with Crippen LogP contribution >= 0.6 is 34.8 Å². The highest BCUT2D eigenvalue weighted by atomic mass is 35.5. The lowest BCUT2D eigenvalue weighted by atomic mass is 10.2. The maximum absolute atomic E-state index is 12.3. The number of nitrogens with zero attached hydrogens (tertiary/aromatic N) is 2. The van der Waals surface area contributed by atoms with Crippen molar-refractivity contribution in [2.24, 2.45) is 0 Å². The summed E-state index contributed by atoms with van der Waals surface area (Å²) in [7, 11) is 0. The minimum absolute atomic E-state index is 0.0891. The Labute approximate surface area is 168 Å². The van der Waals surface area contributed by atoms with E-state index in [4.69, 9.17) is 34.8 Å². The van der Waals surface area contributed by atoms with Gasteiger partial charge in [-0.3, -0.25) is 14.6 Å². The van der Waals surface area contributed by atoms with E-state index >= 15 is 0 Å². The third-order valence-electron chi connectivity index (χ3n) is 4.39. The molecule has 0 saturated carbocycles. The van der Waals surface area contributed by atoms with E-state index in [0.717, 1.165) is 43.3 Å². The summed E-state index contributed by atoms with van der Waals surface area (Å²) in [5, 5.41) is 4.65. The highest BCUT2D eigenvalue weighted by Gasteiger charge is 2.20. The van der Waals surface area contributed by atoms with Gasteiger partial charge in [-0.05, 0) is 29.8 Å². The van der Waals surface area contributed by atoms with Crippen molar-refractivity contribution in [2.75, 3.05) is 38.0 Å². The predicted octanol–water partition coefficient (Wildman–Crippen LogP) is 4.40. The smallest absolute Gasteiger partial charge is 0.238 e. The van der Waals surface area contributed by atoms with Crippen LogP contribution in [0.15, 0.2) is 42.5 Å². The van der Waals surface area contributed by atoms with Crippen molar-refractivity contribution in [2.45, 2.75) is 6.54 Å². The molecule has 1 heterocycles. The summed E-state index contributed by atoms with van der Waals surface area (Å²) in [6.07, 6.45) is 0. The second-order valence-corrected chi connectivity index (χ2v) is 7.57. The number of carbonyl (C=O) groups excluding carboxylic acids is 1. The number of carbonyl (C=O) groups is 1. The largest absolute Gasteiger partial charge is 0.324 e. The van der Waals surface area contributed by atoms with Gasteiger partial charge in [0.15, 0.2) is 0 Å². The second kappa shape index (κ2) is 9.07. The monoisotopic (exact) mass is 411 g/mol. The molecule has 0 atom stereocenters. The molecule has 1 saturated heterocycles. The molecule has 1 amide bonds. The van der Waals surface area contributed by atoms with Gasteiger partial charge in [0.05, 0.1) is 17.3 Å². The number of amides is 1. The van der Waals surface area contributed by atoms with E-state index in [0.29, 0.717) is 22.3 Å². The first-order chi connectivity index (χ1) is 12.5. The normalized spacial score (nSPS) is 15.8. The van der Waals surface area contributed by atoms with Crippen LogP contribution in [0.2, 0.25) is 15.1 Å². The summed E-state index contributed by atoms with van der Waals surface area (Å²) >= 11 is 18.3. The Morgan fingerprint density at radius 3 is 2.35 bits per heavy atom. The number of halogens is 3. The fourth-order valence-corrected chi connectivity index (χ4v) is 3.49. The molecular weight excluding hydrogens is 393 g/mol. The molecule has 2 aromatic rings. The van der Waals surface area contributed by atoms with Gasteiger partial charge in [0.25, 0.3) is 0 Å². The second-order valence-electron chi connectivity index (χ2n) is 6.32. The standard InChI is InChI=1S/C19H20Cl3N3O/c20-15-5-6-17(22)18(11-15)23-19(26)13-25-9-7-24(8-10-25)12-14-3-1-2-4-16(14)21/h1-6,11H,7-10,12-13H2,(H,23,26). The molecule has 1 N–H and O–H groups in total. The van der Waals surface area contributed by atoms with Crippen molar-refractivity contribution >= 4 is 46.4 Å². The molecule has 1 fully saturated rings. The average molecular weight is 413 g/mol. The zero-order valence-corrected chi connectivity index (χ0v) is 16.5. The molecule has 0 radical (unpaired) electrons. The highest BCUT2D eigenvalue weighted by molar-refractivity contribution is 6.35. The predicted molar refractivity (Wildman–Crippen MR) is 108 cm³/mol. The molecule has 2 aromatic carbocycles. The van der Waals surface area contributed by atoms with Gasteiger partial charge in [-0.2, -0.15) is 0 Å². The number of piperazine rings is 1. The van der Waals surface area contributed by atoms with E-state index in [-0.39, 0.29) is 5.91 Å². The van der Waals surface area contributed by atoms with Gasteiger partial charge in [0.1, 0.15) is 0 Å². The van der Waals surface area contributed by atoms with E-state index < -0.39 is 0 Å². The fraction of sp³-hybridized carbons (Fsp3) is 0.316. The minimum atomic E-state index is -0.0891. The Hall–Kier alpha value is -1.30. The first-order valence-corrected chi connectivity index (χ1v) is 9.57. The molecule has 0 unspecified atom stereocenters. The van der Waals surface area contributed by atoms with Crippen LogP contribution in [0.3, 0.4) is 0 Å². The van der Waals surface area contributed by atoms with Crippen LogP contribution in [0.25, 0.3) is 0 Å². The first kappa shape index (κ1) is 19.5. The molecule has 138 valence electrons. The van der Waals surface area contributed by atoms with E-state index in [1.165, 1.54) is 0 Å². The van der Waals surface area contributed by atoms with Gasteiger partial charge < -0.3 is 5.32 Å². The molecule has 4 nitrogen and oxygen atoms in total. The molecule has 7 heteroatoms. The van der Waals surface area contributed by atoms with Crippen LogP contribution in [0.1, 0.15) is 5.56 Å². The Morgan fingerprint density at radius 2 is 1.62 bits per heavy atom.